The van der Waals surface area contributed by atoms with Crippen molar-refractivity contribution in [2.75, 3.05) is 13.2 Å². The molecule has 0 aromatic carbocycles. The Morgan fingerprint density at radius 3 is 2.60 bits per heavy atom. The number of rotatable bonds is 16. The number of phosphoric acid groups is 1. The van der Waals surface area contributed by atoms with Gasteiger partial charge in [0, 0.05) is 6.42 Å². The van der Waals surface area contributed by atoms with Gasteiger partial charge in [-0.05, 0) is 39.0 Å². The Labute approximate surface area is 179 Å². The van der Waals surface area contributed by atoms with Gasteiger partial charge < -0.3 is 9.63 Å². The van der Waals surface area contributed by atoms with Gasteiger partial charge >= 0.3 is 13.8 Å². The van der Waals surface area contributed by atoms with Crippen molar-refractivity contribution < 1.29 is 38.2 Å². The monoisotopic (exact) mass is 446 g/mol. The minimum Gasteiger partial charge on any atom is -0.463 e. The standard InChI is InChI=1S/C21H35O8P/c1-2-14-19(28-23)15-12-10-8-6-4-3-5-7-9-11-13-16-21(22)26-17-20-18-27-30(24,25)29-20/h2,4,6,10,12,14,19-20,23H,3,5,7-9,11,13,15-18H2,1H3,(H,24,25)/b6-4-,12-10-,14-2+. The number of allylic oxidation sites excluding steroid dienone is 4. The summed E-state index contributed by atoms with van der Waals surface area (Å²) in [4.78, 5) is 25.0. The van der Waals surface area contributed by atoms with Crippen LogP contribution in [-0.2, 0) is 28.0 Å². The first-order chi connectivity index (χ1) is 14.5. The van der Waals surface area contributed by atoms with Crippen LogP contribution < -0.4 is 0 Å². The fraction of sp³-hybridized carbons (Fsp3) is 0.667. The van der Waals surface area contributed by atoms with Crippen molar-refractivity contribution in [3.63, 3.8) is 0 Å². The minimum absolute atomic E-state index is 0.0402. The molecule has 1 rings (SSSR count). The second-order valence-electron chi connectivity index (χ2n) is 7.07. The van der Waals surface area contributed by atoms with Crippen molar-refractivity contribution in [3.05, 3.63) is 36.5 Å². The molecule has 1 heterocycles. The largest absolute Gasteiger partial charge is 0.472 e. The molecule has 0 bridgehead atoms. The van der Waals surface area contributed by atoms with Gasteiger partial charge in [0.2, 0.25) is 0 Å². The highest BCUT2D eigenvalue weighted by Crippen LogP contribution is 2.49. The van der Waals surface area contributed by atoms with E-state index in [1.165, 1.54) is 0 Å². The van der Waals surface area contributed by atoms with Gasteiger partial charge in [-0.15, -0.1) is 0 Å². The van der Waals surface area contributed by atoms with Crippen LogP contribution in [0.15, 0.2) is 36.5 Å². The number of esters is 1. The maximum Gasteiger partial charge on any atom is 0.472 e. The van der Waals surface area contributed by atoms with Crippen molar-refractivity contribution in [1.29, 1.82) is 0 Å². The highest BCUT2D eigenvalue weighted by Gasteiger charge is 2.35. The third-order valence-corrected chi connectivity index (χ3v) is 5.44. The van der Waals surface area contributed by atoms with E-state index >= 15 is 0 Å². The van der Waals surface area contributed by atoms with E-state index < -0.39 is 13.9 Å². The molecule has 1 aliphatic rings. The predicted octanol–water partition coefficient (Wildman–Crippen LogP) is 5.10. The first-order valence-corrected chi connectivity index (χ1v) is 12.0. The second-order valence-corrected chi connectivity index (χ2v) is 8.47. The number of hydrogen-bond donors (Lipinski definition) is 2. The zero-order valence-corrected chi connectivity index (χ0v) is 18.6. The van der Waals surface area contributed by atoms with E-state index in [1.54, 1.807) is 6.08 Å². The number of carbonyl (C=O) groups is 1. The van der Waals surface area contributed by atoms with Crippen LogP contribution in [0.4, 0.5) is 0 Å². The lowest BCUT2D eigenvalue weighted by Crippen LogP contribution is -2.20. The summed E-state index contributed by atoms with van der Waals surface area (Å²) in [5.41, 5.74) is 0. The zero-order valence-electron chi connectivity index (χ0n) is 17.7. The quantitative estimate of drug-likeness (QED) is 0.0841. The summed E-state index contributed by atoms with van der Waals surface area (Å²) < 4.78 is 25.4. The van der Waals surface area contributed by atoms with Crippen molar-refractivity contribution in [1.82, 2.24) is 0 Å². The van der Waals surface area contributed by atoms with E-state index in [2.05, 4.69) is 27.6 Å². The third-order valence-electron chi connectivity index (χ3n) is 4.40. The van der Waals surface area contributed by atoms with Crippen molar-refractivity contribution in [3.8, 4) is 0 Å². The normalized spacial score (nSPS) is 23.1. The number of ether oxygens (including phenoxy) is 1. The Kier molecular flexibility index (Phi) is 14.6. The second kappa shape index (κ2) is 16.4. The molecule has 0 aromatic rings. The zero-order chi connectivity index (χ0) is 22.1. The molecule has 3 atom stereocenters. The molecule has 0 saturated carbocycles. The molecule has 1 aliphatic heterocycles. The molecule has 0 spiro atoms. The van der Waals surface area contributed by atoms with Crippen molar-refractivity contribution in [2.45, 2.75) is 76.9 Å². The van der Waals surface area contributed by atoms with E-state index in [1.807, 2.05) is 19.1 Å². The Bertz CT molecular complexity index is 602. The van der Waals surface area contributed by atoms with Gasteiger partial charge in [0.05, 0.1) is 6.61 Å². The van der Waals surface area contributed by atoms with Crippen molar-refractivity contribution in [2.24, 2.45) is 0 Å². The fourth-order valence-corrected chi connectivity index (χ4v) is 3.73. The van der Waals surface area contributed by atoms with Gasteiger partial charge in [-0.1, -0.05) is 55.7 Å². The molecule has 2 N–H and O–H groups in total. The Hall–Kier alpha value is -1.28. The average Bonchev–Trinajstić information content (AvgIpc) is 3.07. The summed E-state index contributed by atoms with van der Waals surface area (Å²) in [7, 11) is -3.93. The van der Waals surface area contributed by atoms with E-state index in [0.29, 0.717) is 12.8 Å². The molecule has 1 fully saturated rings. The SMILES string of the molecule is C/C=C/C(C/C=C\C/C=C\CCCCCCCC(=O)OCC1COP(=O)(O)O1)OO. The Balaban J connectivity index is 1.90. The summed E-state index contributed by atoms with van der Waals surface area (Å²) in [6.07, 6.45) is 19.0. The molecule has 0 aliphatic carbocycles. The van der Waals surface area contributed by atoms with Gasteiger partial charge in [0.25, 0.3) is 0 Å². The maximum absolute atomic E-state index is 11.6. The topological polar surface area (TPSA) is 112 Å². The molecule has 3 unspecified atom stereocenters. The van der Waals surface area contributed by atoms with Crippen LogP contribution in [0.25, 0.3) is 0 Å². The van der Waals surface area contributed by atoms with E-state index in [-0.39, 0.29) is 25.3 Å². The molecule has 9 heteroatoms. The summed E-state index contributed by atoms with van der Waals surface area (Å²) in [6, 6.07) is 0. The third kappa shape index (κ3) is 13.9. The lowest BCUT2D eigenvalue weighted by Gasteiger charge is -2.08. The van der Waals surface area contributed by atoms with Crippen LogP contribution in [-0.4, -0.2) is 41.5 Å². The lowest BCUT2D eigenvalue weighted by molar-refractivity contribution is -0.264. The Morgan fingerprint density at radius 2 is 1.90 bits per heavy atom. The highest BCUT2D eigenvalue weighted by atomic mass is 31.2. The first kappa shape index (κ1) is 26.8. The van der Waals surface area contributed by atoms with Crippen LogP contribution in [0.1, 0.15) is 64.7 Å². The summed E-state index contributed by atoms with van der Waals surface area (Å²) in [5.74, 6) is -0.322. The van der Waals surface area contributed by atoms with Gasteiger partial charge in [0.1, 0.15) is 18.8 Å². The number of hydrogen-bond acceptors (Lipinski definition) is 7. The van der Waals surface area contributed by atoms with Gasteiger partial charge in [0.15, 0.2) is 0 Å². The minimum atomic E-state index is -3.93. The molecule has 8 nitrogen and oxygen atoms in total. The number of phosphoric ester groups is 1. The molecule has 30 heavy (non-hydrogen) atoms. The van der Waals surface area contributed by atoms with Crippen molar-refractivity contribution >= 4 is 13.8 Å². The fourth-order valence-electron chi connectivity index (χ4n) is 2.82. The van der Waals surface area contributed by atoms with Gasteiger partial charge in [-0.2, -0.15) is 0 Å². The molecule has 1 saturated heterocycles. The molecule has 172 valence electrons. The highest BCUT2D eigenvalue weighted by molar-refractivity contribution is 7.47. The van der Waals surface area contributed by atoms with Crippen LogP contribution in [0.5, 0.6) is 0 Å². The number of unbranched alkanes of at least 4 members (excludes halogenated alkanes) is 5. The summed E-state index contributed by atoms with van der Waals surface area (Å²) >= 11 is 0. The first-order valence-electron chi connectivity index (χ1n) is 10.5. The van der Waals surface area contributed by atoms with Crippen LogP contribution in [0.3, 0.4) is 0 Å². The van der Waals surface area contributed by atoms with E-state index in [0.717, 1.165) is 44.9 Å². The van der Waals surface area contributed by atoms with Crippen LogP contribution in [0.2, 0.25) is 0 Å². The van der Waals surface area contributed by atoms with E-state index in [4.69, 9.17) is 19.4 Å². The summed E-state index contributed by atoms with van der Waals surface area (Å²) in [5, 5.41) is 8.69. The van der Waals surface area contributed by atoms with E-state index in [9.17, 15) is 9.36 Å². The van der Waals surface area contributed by atoms with Gasteiger partial charge in [-0.3, -0.25) is 19.1 Å². The lowest BCUT2D eigenvalue weighted by atomic mass is 10.1. The van der Waals surface area contributed by atoms with Crippen LogP contribution in [0, 0.1) is 0 Å². The summed E-state index contributed by atoms with van der Waals surface area (Å²) in [6.45, 7) is 1.79. The Morgan fingerprint density at radius 1 is 1.17 bits per heavy atom. The van der Waals surface area contributed by atoms with Crippen LogP contribution >= 0.6 is 7.82 Å². The molecule has 0 radical (unpaired) electrons. The maximum atomic E-state index is 11.6. The molecular weight excluding hydrogens is 411 g/mol. The van der Waals surface area contributed by atoms with Gasteiger partial charge in [-0.25, -0.2) is 9.45 Å². The predicted molar refractivity (Wildman–Crippen MR) is 114 cm³/mol. The number of carbonyl (C=O) groups excluding carboxylic acids is 1. The molecule has 0 aromatic heterocycles. The average molecular weight is 446 g/mol. The molecular formula is C21H35O8P. The molecule has 0 amide bonds. The smallest absolute Gasteiger partial charge is 0.463 e.